The van der Waals surface area contributed by atoms with Crippen LogP contribution < -0.4 is 5.32 Å². The summed E-state index contributed by atoms with van der Waals surface area (Å²) in [5, 5.41) is 11.6. The summed E-state index contributed by atoms with van der Waals surface area (Å²) in [5.41, 5.74) is 3.40. The number of hydrogen-bond acceptors (Lipinski definition) is 3. The van der Waals surface area contributed by atoms with E-state index in [4.69, 9.17) is 0 Å². The fraction of sp³-hybridized carbons (Fsp3) is 0.316. The summed E-state index contributed by atoms with van der Waals surface area (Å²) in [4.78, 5) is 14.3. The topological polar surface area (TPSA) is 68.0 Å². The molecule has 0 unspecified atom stereocenters. The van der Waals surface area contributed by atoms with Crippen LogP contribution in [0.3, 0.4) is 0 Å². The van der Waals surface area contributed by atoms with Crippen LogP contribution in [0.25, 0.3) is 11.1 Å². The third kappa shape index (κ3) is 3.99. The fourth-order valence-electron chi connectivity index (χ4n) is 2.99. The van der Waals surface area contributed by atoms with Crippen molar-refractivity contribution in [1.29, 1.82) is 0 Å². The Hall–Kier alpha value is -3.16. The number of urea groups is 1. The number of aryl methyl sites for hydroxylation is 3. The molecule has 7 nitrogen and oxygen atoms in total. The van der Waals surface area contributed by atoms with E-state index in [2.05, 4.69) is 15.5 Å². The average molecular weight is 370 g/mol. The number of benzene rings is 1. The van der Waals surface area contributed by atoms with Gasteiger partial charge < -0.3 is 4.90 Å². The Morgan fingerprint density at radius 2 is 1.96 bits per heavy atom. The van der Waals surface area contributed by atoms with Crippen LogP contribution in [0.5, 0.6) is 0 Å². The third-order valence-electron chi connectivity index (χ3n) is 4.34. The molecule has 1 N–H and O–H groups in total. The molecule has 0 radical (unpaired) electrons. The standard InChI is InChI=1S/C19H23FN6O/c1-5-16-17(14-6-8-15(20)9-7-14)18(26(4)23-16)22-19(27)24(2)11-13-10-21-25(3)12-13/h6-10,12H,5,11H2,1-4H3,(H,22,27). The molecule has 0 aliphatic rings. The molecule has 3 aromatic rings. The van der Waals surface area contributed by atoms with Crippen LogP contribution in [0.15, 0.2) is 36.7 Å². The SMILES string of the molecule is CCc1nn(C)c(NC(=O)N(C)Cc2cnn(C)c2)c1-c1ccc(F)cc1. The molecule has 2 amide bonds. The Morgan fingerprint density at radius 3 is 2.56 bits per heavy atom. The van der Waals surface area contributed by atoms with Gasteiger partial charge in [-0.25, -0.2) is 9.18 Å². The monoisotopic (exact) mass is 370 g/mol. The van der Waals surface area contributed by atoms with E-state index in [0.29, 0.717) is 18.8 Å². The lowest BCUT2D eigenvalue weighted by molar-refractivity contribution is 0.220. The first-order valence-electron chi connectivity index (χ1n) is 8.70. The molecule has 0 aliphatic carbocycles. The fourth-order valence-corrected chi connectivity index (χ4v) is 2.99. The number of rotatable bonds is 5. The highest BCUT2D eigenvalue weighted by Gasteiger charge is 2.20. The number of nitrogens with zero attached hydrogens (tertiary/aromatic N) is 5. The Kier molecular flexibility index (Phi) is 5.25. The van der Waals surface area contributed by atoms with Crippen LogP contribution >= 0.6 is 0 Å². The van der Waals surface area contributed by atoms with E-state index in [9.17, 15) is 9.18 Å². The minimum Gasteiger partial charge on any atom is -0.323 e. The number of nitrogens with one attached hydrogen (secondary N) is 1. The molecule has 0 saturated heterocycles. The summed E-state index contributed by atoms with van der Waals surface area (Å²) in [5.74, 6) is 0.281. The highest BCUT2D eigenvalue weighted by atomic mass is 19.1. The molecule has 0 bridgehead atoms. The maximum Gasteiger partial charge on any atom is 0.323 e. The van der Waals surface area contributed by atoms with E-state index in [1.807, 2.05) is 20.2 Å². The van der Waals surface area contributed by atoms with Crippen LogP contribution in [0.1, 0.15) is 18.2 Å². The lowest BCUT2D eigenvalue weighted by Gasteiger charge is -2.18. The van der Waals surface area contributed by atoms with Crippen molar-refractivity contribution in [3.05, 3.63) is 53.7 Å². The summed E-state index contributed by atoms with van der Waals surface area (Å²) in [6.07, 6.45) is 4.29. The van der Waals surface area contributed by atoms with Crippen LogP contribution in [-0.2, 0) is 27.1 Å². The Balaban J connectivity index is 1.86. The number of anilines is 1. The van der Waals surface area contributed by atoms with E-state index in [1.165, 1.54) is 12.1 Å². The van der Waals surface area contributed by atoms with Gasteiger partial charge in [-0.15, -0.1) is 0 Å². The molecule has 0 aliphatic heterocycles. The molecule has 1 aromatic carbocycles. The normalized spacial score (nSPS) is 10.9. The maximum absolute atomic E-state index is 13.3. The van der Waals surface area contributed by atoms with Gasteiger partial charge in [0.25, 0.3) is 0 Å². The molecular formula is C19H23FN6O. The zero-order valence-electron chi connectivity index (χ0n) is 15.9. The van der Waals surface area contributed by atoms with Gasteiger partial charge in [0.05, 0.1) is 18.4 Å². The summed E-state index contributed by atoms with van der Waals surface area (Å²) in [6.45, 7) is 2.43. The van der Waals surface area contributed by atoms with Crippen molar-refractivity contribution >= 4 is 11.8 Å². The largest absolute Gasteiger partial charge is 0.323 e. The van der Waals surface area contributed by atoms with Crippen molar-refractivity contribution in [2.75, 3.05) is 12.4 Å². The molecule has 0 spiro atoms. The van der Waals surface area contributed by atoms with E-state index < -0.39 is 0 Å². The number of aromatic nitrogens is 4. The lowest BCUT2D eigenvalue weighted by Crippen LogP contribution is -2.31. The van der Waals surface area contributed by atoms with E-state index >= 15 is 0 Å². The van der Waals surface area contributed by atoms with Gasteiger partial charge in [0.1, 0.15) is 11.6 Å². The first-order chi connectivity index (χ1) is 12.9. The Morgan fingerprint density at radius 1 is 1.26 bits per heavy atom. The molecule has 142 valence electrons. The van der Waals surface area contributed by atoms with Crippen molar-refractivity contribution < 1.29 is 9.18 Å². The predicted octanol–water partition coefficient (Wildman–Crippen LogP) is 3.19. The summed E-state index contributed by atoms with van der Waals surface area (Å²) < 4.78 is 16.7. The summed E-state index contributed by atoms with van der Waals surface area (Å²) in [7, 11) is 5.33. The van der Waals surface area contributed by atoms with E-state index in [-0.39, 0.29) is 11.8 Å². The molecule has 0 fully saturated rings. The maximum atomic E-state index is 13.3. The second-order valence-corrected chi connectivity index (χ2v) is 6.46. The van der Waals surface area contributed by atoms with Crippen molar-refractivity contribution in [2.45, 2.75) is 19.9 Å². The molecule has 2 heterocycles. The molecular weight excluding hydrogens is 347 g/mol. The number of halogens is 1. The van der Waals surface area contributed by atoms with Crippen molar-refractivity contribution in [2.24, 2.45) is 14.1 Å². The van der Waals surface area contributed by atoms with Gasteiger partial charge in [-0.3, -0.25) is 14.7 Å². The number of hydrogen-bond donors (Lipinski definition) is 1. The molecule has 2 aromatic heterocycles. The Bertz CT molecular complexity index is 944. The Labute approximate surface area is 157 Å². The van der Waals surface area contributed by atoms with E-state index in [0.717, 1.165) is 22.4 Å². The van der Waals surface area contributed by atoms with Crippen molar-refractivity contribution in [3.8, 4) is 11.1 Å². The van der Waals surface area contributed by atoms with Crippen LogP contribution in [0.2, 0.25) is 0 Å². The van der Waals surface area contributed by atoms with Crippen LogP contribution in [0, 0.1) is 5.82 Å². The first kappa shape index (κ1) is 18.6. The summed E-state index contributed by atoms with van der Waals surface area (Å²) in [6, 6.07) is 5.94. The van der Waals surface area contributed by atoms with Gasteiger partial charge in [0.2, 0.25) is 0 Å². The van der Waals surface area contributed by atoms with Gasteiger partial charge in [-0.2, -0.15) is 10.2 Å². The predicted molar refractivity (Wildman–Crippen MR) is 102 cm³/mol. The zero-order valence-corrected chi connectivity index (χ0v) is 15.9. The third-order valence-corrected chi connectivity index (χ3v) is 4.34. The second kappa shape index (κ2) is 7.61. The minimum atomic E-state index is -0.303. The van der Waals surface area contributed by atoms with Crippen LogP contribution in [0.4, 0.5) is 15.0 Å². The smallest absolute Gasteiger partial charge is 0.323 e. The minimum absolute atomic E-state index is 0.257. The zero-order chi connectivity index (χ0) is 19.6. The highest BCUT2D eigenvalue weighted by Crippen LogP contribution is 2.32. The van der Waals surface area contributed by atoms with Gasteiger partial charge in [-0.05, 0) is 24.1 Å². The van der Waals surface area contributed by atoms with Crippen molar-refractivity contribution in [1.82, 2.24) is 24.5 Å². The highest BCUT2D eigenvalue weighted by molar-refractivity contribution is 5.93. The summed E-state index contributed by atoms with van der Waals surface area (Å²) >= 11 is 0. The average Bonchev–Trinajstić information content (AvgIpc) is 3.19. The molecule has 3 rings (SSSR count). The van der Waals surface area contributed by atoms with Crippen LogP contribution in [-0.4, -0.2) is 37.5 Å². The van der Waals surface area contributed by atoms with Crippen molar-refractivity contribution in [3.63, 3.8) is 0 Å². The van der Waals surface area contributed by atoms with E-state index in [1.54, 1.807) is 46.7 Å². The number of carbonyl (C=O) groups excluding carboxylic acids is 1. The molecule has 0 atom stereocenters. The number of carbonyl (C=O) groups is 1. The number of amides is 2. The second-order valence-electron chi connectivity index (χ2n) is 6.46. The molecule has 8 heteroatoms. The van der Waals surface area contributed by atoms with Gasteiger partial charge in [-0.1, -0.05) is 19.1 Å². The molecule has 27 heavy (non-hydrogen) atoms. The quantitative estimate of drug-likeness (QED) is 0.750. The van der Waals surface area contributed by atoms with Gasteiger partial charge >= 0.3 is 6.03 Å². The lowest BCUT2D eigenvalue weighted by atomic mass is 10.0. The first-order valence-corrected chi connectivity index (χ1v) is 8.70. The van der Waals surface area contributed by atoms with Gasteiger partial charge in [0, 0.05) is 38.5 Å². The van der Waals surface area contributed by atoms with Gasteiger partial charge in [0.15, 0.2) is 0 Å². The molecule has 0 saturated carbocycles.